The molecule has 0 atom stereocenters. The van der Waals surface area contributed by atoms with E-state index >= 15 is 0 Å². The molecule has 0 aliphatic heterocycles. The molecule has 17 heavy (non-hydrogen) atoms. The van der Waals surface area contributed by atoms with Gasteiger partial charge in [-0.15, -0.1) is 0 Å². The van der Waals surface area contributed by atoms with Crippen molar-refractivity contribution in [3.8, 4) is 0 Å². The van der Waals surface area contributed by atoms with Crippen molar-refractivity contribution in [2.75, 3.05) is 0 Å². The van der Waals surface area contributed by atoms with Crippen LogP contribution in [0.25, 0.3) is 10.9 Å². The standard InChI is InChI=1S/C13H15N3O/c1-7(2)11-9-6-8(3)4-5-10(9)15-13(16-11)12(14)17/h4-7H,1-3H3,(H2,14,17). The number of carbonyl (C=O) groups excluding carboxylic acids is 1. The maximum atomic E-state index is 11.2. The molecule has 0 aliphatic rings. The lowest BCUT2D eigenvalue weighted by Gasteiger charge is -2.10. The van der Waals surface area contributed by atoms with Gasteiger partial charge in [0.1, 0.15) is 0 Å². The topological polar surface area (TPSA) is 68.9 Å². The second kappa shape index (κ2) is 4.13. The Morgan fingerprint density at radius 2 is 2.00 bits per heavy atom. The number of primary amides is 1. The Labute approximate surface area is 99.9 Å². The van der Waals surface area contributed by atoms with Gasteiger partial charge in [0.15, 0.2) is 0 Å². The molecule has 0 saturated heterocycles. The van der Waals surface area contributed by atoms with Crippen molar-refractivity contribution in [1.29, 1.82) is 0 Å². The van der Waals surface area contributed by atoms with E-state index in [-0.39, 0.29) is 11.7 Å². The molecule has 2 N–H and O–H groups in total. The summed E-state index contributed by atoms with van der Waals surface area (Å²) in [5.74, 6) is -0.278. The Balaban J connectivity index is 2.81. The highest BCUT2D eigenvalue weighted by Crippen LogP contribution is 2.23. The van der Waals surface area contributed by atoms with Crippen LogP contribution in [0.2, 0.25) is 0 Å². The van der Waals surface area contributed by atoms with E-state index < -0.39 is 5.91 Å². The van der Waals surface area contributed by atoms with E-state index in [0.29, 0.717) is 0 Å². The van der Waals surface area contributed by atoms with Gasteiger partial charge in [-0.25, -0.2) is 9.97 Å². The Bertz CT molecular complexity index is 590. The summed E-state index contributed by atoms with van der Waals surface area (Å²) in [6.07, 6.45) is 0. The molecule has 4 heteroatoms. The average Bonchev–Trinajstić information content (AvgIpc) is 2.27. The summed E-state index contributed by atoms with van der Waals surface area (Å²) >= 11 is 0. The predicted molar refractivity (Wildman–Crippen MR) is 66.9 cm³/mol. The molecular weight excluding hydrogens is 214 g/mol. The maximum absolute atomic E-state index is 11.2. The third-order valence-corrected chi connectivity index (χ3v) is 2.65. The highest BCUT2D eigenvalue weighted by Gasteiger charge is 2.13. The van der Waals surface area contributed by atoms with Gasteiger partial charge in [-0.2, -0.15) is 0 Å². The van der Waals surface area contributed by atoms with Gasteiger partial charge in [0.05, 0.1) is 11.2 Å². The fraction of sp³-hybridized carbons (Fsp3) is 0.308. The summed E-state index contributed by atoms with van der Waals surface area (Å²) in [4.78, 5) is 19.6. The first-order valence-electron chi connectivity index (χ1n) is 5.57. The van der Waals surface area contributed by atoms with Gasteiger partial charge in [0.2, 0.25) is 5.82 Å². The van der Waals surface area contributed by atoms with Gasteiger partial charge >= 0.3 is 0 Å². The SMILES string of the molecule is Cc1ccc2nc(C(N)=O)nc(C(C)C)c2c1. The number of rotatable bonds is 2. The minimum Gasteiger partial charge on any atom is -0.363 e. The van der Waals surface area contributed by atoms with Gasteiger partial charge < -0.3 is 5.73 Å². The molecule has 0 unspecified atom stereocenters. The van der Waals surface area contributed by atoms with Gasteiger partial charge in [0.25, 0.3) is 5.91 Å². The van der Waals surface area contributed by atoms with Crippen molar-refractivity contribution >= 4 is 16.8 Å². The molecule has 1 amide bonds. The second-order valence-electron chi connectivity index (χ2n) is 4.47. The van der Waals surface area contributed by atoms with Crippen LogP contribution in [-0.4, -0.2) is 15.9 Å². The summed E-state index contributed by atoms with van der Waals surface area (Å²) in [6.45, 7) is 6.09. The van der Waals surface area contributed by atoms with Crippen molar-refractivity contribution in [2.24, 2.45) is 5.73 Å². The number of nitrogens with zero attached hydrogens (tertiary/aromatic N) is 2. The third kappa shape index (κ3) is 2.11. The number of fused-ring (bicyclic) bond motifs is 1. The number of nitrogens with two attached hydrogens (primary N) is 1. The van der Waals surface area contributed by atoms with Crippen LogP contribution in [0.3, 0.4) is 0 Å². The number of amides is 1. The van der Waals surface area contributed by atoms with E-state index in [1.54, 1.807) is 0 Å². The Hall–Kier alpha value is -1.97. The monoisotopic (exact) mass is 229 g/mol. The molecule has 0 saturated carbocycles. The van der Waals surface area contributed by atoms with Gasteiger partial charge in [0, 0.05) is 5.39 Å². The van der Waals surface area contributed by atoms with E-state index in [4.69, 9.17) is 5.73 Å². The van der Waals surface area contributed by atoms with Crippen molar-refractivity contribution in [2.45, 2.75) is 26.7 Å². The lowest BCUT2D eigenvalue weighted by molar-refractivity contribution is 0.0990. The molecule has 1 aromatic heterocycles. The Morgan fingerprint density at radius 1 is 1.29 bits per heavy atom. The highest BCUT2D eigenvalue weighted by atomic mass is 16.1. The molecule has 1 heterocycles. The number of aryl methyl sites for hydroxylation is 1. The summed E-state index contributed by atoms with van der Waals surface area (Å²) in [7, 11) is 0. The number of hydrogen-bond acceptors (Lipinski definition) is 3. The van der Waals surface area contributed by atoms with Crippen LogP contribution in [0, 0.1) is 6.92 Å². The number of benzene rings is 1. The molecule has 2 rings (SSSR count). The molecule has 0 fully saturated rings. The summed E-state index contributed by atoms with van der Waals surface area (Å²) < 4.78 is 0. The molecule has 88 valence electrons. The smallest absolute Gasteiger partial charge is 0.286 e. The van der Waals surface area contributed by atoms with Crippen molar-refractivity contribution < 1.29 is 4.79 Å². The van der Waals surface area contributed by atoms with Crippen LogP contribution in [0.4, 0.5) is 0 Å². The zero-order chi connectivity index (χ0) is 12.6. The molecule has 2 aromatic rings. The van der Waals surface area contributed by atoms with Gasteiger partial charge in [-0.05, 0) is 25.0 Å². The Morgan fingerprint density at radius 3 is 2.59 bits per heavy atom. The van der Waals surface area contributed by atoms with Crippen LogP contribution >= 0.6 is 0 Å². The van der Waals surface area contributed by atoms with E-state index in [1.165, 1.54) is 0 Å². The fourth-order valence-corrected chi connectivity index (χ4v) is 1.82. The summed E-state index contributed by atoms with van der Waals surface area (Å²) in [5.41, 5.74) is 8.02. The average molecular weight is 229 g/mol. The molecule has 0 spiro atoms. The zero-order valence-electron chi connectivity index (χ0n) is 10.2. The lowest BCUT2D eigenvalue weighted by atomic mass is 10.0. The van der Waals surface area contributed by atoms with Crippen LogP contribution in [0.5, 0.6) is 0 Å². The molecular formula is C13H15N3O. The molecule has 0 bridgehead atoms. The lowest BCUT2D eigenvalue weighted by Crippen LogP contribution is -2.17. The van der Waals surface area contributed by atoms with Crippen molar-refractivity contribution in [1.82, 2.24) is 9.97 Å². The largest absolute Gasteiger partial charge is 0.363 e. The zero-order valence-corrected chi connectivity index (χ0v) is 10.2. The first-order valence-corrected chi connectivity index (χ1v) is 5.57. The number of carbonyl (C=O) groups is 1. The van der Waals surface area contributed by atoms with Crippen LogP contribution < -0.4 is 5.73 Å². The first-order chi connectivity index (χ1) is 7.99. The first kappa shape index (κ1) is 11.5. The normalized spacial score (nSPS) is 11.1. The minimum atomic E-state index is -0.589. The number of hydrogen-bond donors (Lipinski definition) is 1. The van der Waals surface area contributed by atoms with E-state index in [9.17, 15) is 4.79 Å². The fourth-order valence-electron chi connectivity index (χ4n) is 1.82. The van der Waals surface area contributed by atoms with E-state index in [2.05, 4.69) is 9.97 Å². The molecule has 4 nitrogen and oxygen atoms in total. The highest BCUT2D eigenvalue weighted by molar-refractivity contribution is 5.92. The second-order valence-corrected chi connectivity index (χ2v) is 4.47. The van der Waals surface area contributed by atoms with Crippen LogP contribution in [-0.2, 0) is 0 Å². The number of aromatic nitrogens is 2. The van der Waals surface area contributed by atoms with Crippen molar-refractivity contribution in [3.05, 3.63) is 35.3 Å². The van der Waals surface area contributed by atoms with Gasteiger partial charge in [-0.3, -0.25) is 4.79 Å². The predicted octanol–water partition coefficient (Wildman–Crippen LogP) is 2.16. The van der Waals surface area contributed by atoms with E-state index in [1.807, 2.05) is 39.0 Å². The summed E-state index contributed by atoms with van der Waals surface area (Å²) in [5, 5.41) is 0.991. The maximum Gasteiger partial charge on any atom is 0.286 e. The quantitative estimate of drug-likeness (QED) is 0.857. The third-order valence-electron chi connectivity index (χ3n) is 2.65. The summed E-state index contributed by atoms with van der Waals surface area (Å²) in [6, 6.07) is 5.89. The van der Waals surface area contributed by atoms with Crippen molar-refractivity contribution in [3.63, 3.8) is 0 Å². The van der Waals surface area contributed by atoms with Gasteiger partial charge in [-0.1, -0.05) is 25.5 Å². The minimum absolute atomic E-state index is 0.0880. The van der Waals surface area contributed by atoms with Crippen LogP contribution in [0.15, 0.2) is 18.2 Å². The Kier molecular flexibility index (Phi) is 2.79. The van der Waals surface area contributed by atoms with E-state index in [0.717, 1.165) is 22.2 Å². The molecule has 1 aromatic carbocycles. The molecule has 0 radical (unpaired) electrons. The van der Waals surface area contributed by atoms with Crippen LogP contribution in [0.1, 0.15) is 41.6 Å². The molecule has 0 aliphatic carbocycles.